The standard InChI is InChI=1S/C29H23ClF2N6/c1-3-20(25-15-21(30)8-13-28(25)38-17-33-36-37-38)7-4-18(2)24(14-19-5-9-22(31)10-6-19)29-34-26-12-11-23(32)16-27(26)35-29/h3-13,15-17,24H,1,14H2,2H3,(H,34,35)/b18-4+,20-7+/t24-/m1/s1. The Bertz CT molecular complexity index is 1650. The first-order chi connectivity index (χ1) is 18.4. The summed E-state index contributed by atoms with van der Waals surface area (Å²) >= 11 is 6.32. The molecular formula is C29H23ClF2N6. The second-order valence-corrected chi connectivity index (χ2v) is 9.26. The van der Waals surface area contributed by atoms with Crippen LogP contribution in [0.5, 0.6) is 0 Å². The Hall–Kier alpha value is -4.43. The fraction of sp³-hybridized carbons (Fsp3) is 0.103. The van der Waals surface area contributed by atoms with E-state index in [1.54, 1.807) is 35.0 Å². The van der Waals surface area contributed by atoms with E-state index in [0.29, 0.717) is 22.8 Å². The van der Waals surface area contributed by atoms with Gasteiger partial charge in [0, 0.05) is 22.6 Å². The number of rotatable bonds is 8. The van der Waals surface area contributed by atoms with Gasteiger partial charge in [-0.3, -0.25) is 0 Å². The normalized spacial score (nSPS) is 13.2. The molecule has 0 amide bonds. The number of benzene rings is 3. The third kappa shape index (κ3) is 5.45. The molecule has 2 aromatic heterocycles. The second kappa shape index (κ2) is 10.9. The number of aromatic nitrogens is 6. The van der Waals surface area contributed by atoms with Gasteiger partial charge in [0.05, 0.1) is 16.7 Å². The highest BCUT2D eigenvalue weighted by Crippen LogP contribution is 2.31. The third-order valence-electron chi connectivity index (χ3n) is 6.31. The minimum Gasteiger partial charge on any atom is -0.341 e. The zero-order valence-electron chi connectivity index (χ0n) is 20.4. The number of allylic oxidation sites excluding steroid dienone is 5. The minimum absolute atomic E-state index is 0.184. The first-order valence-corrected chi connectivity index (χ1v) is 12.2. The predicted molar refractivity (Wildman–Crippen MR) is 145 cm³/mol. The molecule has 0 aliphatic rings. The Morgan fingerprint density at radius 1 is 1.05 bits per heavy atom. The lowest BCUT2D eigenvalue weighted by atomic mass is 9.91. The molecule has 5 rings (SSSR count). The number of fused-ring (bicyclic) bond motifs is 1. The van der Waals surface area contributed by atoms with Crippen molar-refractivity contribution in [1.29, 1.82) is 0 Å². The van der Waals surface area contributed by atoms with E-state index < -0.39 is 0 Å². The van der Waals surface area contributed by atoms with Gasteiger partial charge in [0.2, 0.25) is 0 Å². The van der Waals surface area contributed by atoms with Crippen LogP contribution in [-0.2, 0) is 6.42 Å². The van der Waals surface area contributed by atoms with Crippen LogP contribution >= 0.6 is 11.6 Å². The lowest BCUT2D eigenvalue weighted by Gasteiger charge is -2.16. The van der Waals surface area contributed by atoms with E-state index in [2.05, 4.69) is 32.1 Å². The highest BCUT2D eigenvalue weighted by molar-refractivity contribution is 6.30. The number of tetrazole rings is 1. The molecule has 1 atom stereocenters. The first kappa shape index (κ1) is 25.2. The van der Waals surface area contributed by atoms with Gasteiger partial charge in [-0.05, 0) is 77.4 Å². The topological polar surface area (TPSA) is 72.3 Å². The van der Waals surface area contributed by atoms with E-state index in [4.69, 9.17) is 11.6 Å². The average molecular weight is 529 g/mol. The lowest BCUT2D eigenvalue weighted by molar-refractivity contribution is 0.626. The molecule has 5 aromatic rings. The second-order valence-electron chi connectivity index (χ2n) is 8.82. The summed E-state index contributed by atoms with van der Waals surface area (Å²) < 4.78 is 28.9. The zero-order valence-corrected chi connectivity index (χ0v) is 21.2. The van der Waals surface area contributed by atoms with E-state index in [9.17, 15) is 8.78 Å². The minimum atomic E-state index is -0.351. The van der Waals surface area contributed by atoms with E-state index in [0.717, 1.165) is 33.5 Å². The first-order valence-electron chi connectivity index (χ1n) is 11.8. The van der Waals surface area contributed by atoms with E-state index >= 15 is 0 Å². The quantitative estimate of drug-likeness (QED) is 0.220. The molecule has 0 saturated carbocycles. The Morgan fingerprint density at radius 3 is 2.58 bits per heavy atom. The van der Waals surface area contributed by atoms with Crippen molar-refractivity contribution >= 4 is 28.2 Å². The van der Waals surface area contributed by atoms with Crippen molar-refractivity contribution in [2.24, 2.45) is 0 Å². The summed E-state index contributed by atoms with van der Waals surface area (Å²) in [7, 11) is 0. The van der Waals surface area contributed by atoms with E-state index in [1.165, 1.54) is 30.6 Å². The van der Waals surface area contributed by atoms with Crippen molar-refractivity contribution in [2.45, 2.75) is 19.3 Å². The van der Waals surface area contributed by atoms with Crippen LogP contribution in [0.15, 0.2) is 97.4 Å². The number of H-pyrrole nitrogens is 1. The number of hydrogen-bond donors (Lipinski definition) is 1. The average Bonchev–Trinajstić information content (AvgIpc) is 3.59. The third-order valence-corrected chi connectivity index (χ3v) is 6.54. The molecule has 0 bridgehead atoms. The monoisotopic (exact) mass is 528 g/mol. The van der Waals surface area contributed by atoms with Gasteiger partial charge in [-0.15, -0.1) is 5.10 Å². The summed E-state index contributed by atoms with van der Waals surface area (Å²) in [6.45, 7) is 5.99. The molecular weight excluding hydrogens is 506 g/mol. The fourth-order valence-electron chi connectivity index (χ4n) is 4.31. The molecule has 190 valence electrons. The summed E-state index contributed by atoms with van der Waals surface area (Å²) in [4.78, 5) is 8.01. The van der Waals surface area contributed by atoms with Crippen LogP contribution < -0.4 is 0 Å². The molecule has 0 spiro atoms. The van der Waals surface area contributed by atoms with E-state index in [-0.39, 0.29) is 17.6 Å². The molecule has 6 nitrogen and oxygen atoms in total. The van der Waals surface area contributed by atoms with Crippen LogP contribution in [0.2, 0.25) is 5.02 Å². The van der Waals surface area contributed by atoms with E-state index in [1.807, 2.05) is 31.2 Å². The fourth-order valence-corrected chi connectivity index (χ4v) is 4.48. The van der Waals surface area contributed by atoms with Crippen LogP contribution in [0.3, 0.4) is 0 Å². The number of aromatic amines is 1. The molecule has 0 saturated heterocycles. The van der Waals surface area contributed by atoms with Gasteiger partial charge in [-0.1, -0.05) is 54.1 Å². The molecule has 0 aliphatic carbocycles. The van der Waals surface area contributed by atoms with Gasteiger partial charge in [-0.25, -0.2) is 13.8 Å². The highest BCUT2D eigenvalue weighted by Gasteiger charge is 2.19. The van der Waals surface area contributed by atoms with Crippen molar-refractivity contribution in [2.75, 3.05) is 0 Å². The largest absolute Gasteiger partial charge is 0.341 e. The number of nitrogens with one attached hydrogen (secondary N) is 1. The molecule has 0 radical (unpaired) electrons. The SMILES string of the molecule is C=C/C(=C\C=C(/C)[C@@H](Cc1ccc(F)cc1)c1nc2cc(F)ccc2[nH]1)c1cc(Cl)ccc1-n1cnnn1. The maximum atomic E-state index is 13.8. The van der Waals surface area contributed by atoms with Crippen molar-refractivity contribution in [1.82, 2.24) is 30.2 Å². The zero-order chi connectivity index (χ0) is 26.6. The highest BCUT2D eigenvalue weighted by atomic mass is 35.5. The molecule has 38 heavy (non-hydrogen) atoms. The lowest BCUT2D eigenvalue weighted by Crippen LogP contribution is -2.07. The van der Waals surface area contributed by atoms with Gasteiger partial charge >= 0.3 is 0 Å². The van der Waals surface area contributed by atoms with Crippen LogP contribution in [0.25, 0.3) is 22.3 Å². The summed E-state index contributed by atoms with van der Waals surface area (Å²) in [6, 6.07) is 16.3. The number of hydrogen-bond acceptors (Lipinski definition) is 4. The van der Waals surface area contributed by atoms with Gasteiger partial charge < -0.3 is 4.98 Å². The van der Waals surface area contributed by atoms with Gasteiger partial charge in [0.15, 0.2) is 0 Å². The summed E-state index contributed by atoms with van der Waals surface area (Å²) in [5, 5.41) is 12.0. The Kier molecular flexibility index (Phi) is 7.24. The Morgan fingerprint density at radius 2 is 1.84 bits per heavy atom. The summed E-state index contributed by atoms with van der Waals surface area (Å²) in [5.74, 6) is -0.141. The van der Waals surface area contributed by atoms with Gasteiger partial charge in [-0.2, -0.15) is 4.68 Å². The van der Waals surface area contributed by atoms with Crippen LogP contribution in [0.1, 0.15) is 29.8 Å². The van der Waals surface area contributed by atoms with Crippen molar-refractivity contribution < 1.29 is 8.78 Å². The van der Waals surface area contributed by atoms with Crippen LogP contribution in [0, 0.1) is 11.6 Å². The Balaban J connectivity index is 1.56. The van der Waals surface area contributed by atoms with Crippen molar-refractivity contribution in [3.8, 4) is 5.69 Å². The molecule has 3 aromatic carbocycles. The van der Waals surface area contributed by atoms with Gasteiger partial charge in [0.1, 0.15) is 23.8 Å². The smallest absolute Gasteiger partial charge is 0.143 e. The maximum Gasteiger partial charge on any atom is 0.143 e. The van der Waals surface area contributed by atoms with Crippen molar-refractivity contribution in [3.63, 3.8) is 0 Å². The maximum absolute atomic E-state index is 13.8. The predicted octanol–water partition coefficient (Wildman–Crippen LogP) is 7.01. The molecule has 0 unspecified atom stereocenters. The number of imidazole rings is 1. The van der Waals surface area contributed by atoms with Crippen LogP contribution in [0.4, 0.5) is 8.78 Å². The molecule has 0 aliphatic heterocycles. The number of halogens is 3. The Labute approximate surface area is 223 Å². The molecule has 9 heteroatoms. The van der Waals surface area contributed by atoms with Crippen molar-refractivity contribution in [3.05, 3.63) is 131 Å². The number of nitrogens with zero attached hydrogens (tertiary/aromatic N) is 5. The summed E-state index contributed by atoms with van der Waals surface area (Å²) in [5.41, 5.74) is 5.58. The molecule has 1 N–H and O–H groups in total. The molecule has 2 heterocycles. The summed E-state index contributed by atoms with van der Waals surface area (Å²) in [6.07, 6.45) is 7.75. The van der Waals surface area contributed by atoms with Crippen LogP contribution in [-0.4, -0.2) is 30.2 Å². The molecule has 0 fully saturated rings. The van der Waals surface area contributed by atoms with Gasteiger partial charge in [0.25, 0.3) is 0 Å².